The van der Waals surface area contributed by atoms with E-state index < -0.39 is 0 Å². The number of allylic oxidation sites excluding steroid dienone is 2. The Labute approximate surface area is 185 Å². The van der Waals surface area contributed by atoms with Crippen LogP contribution in [0.25, 0.3) is 6.08 Å². The normalized spacial score (nSPS) is 47.0. The van der Waals surface area contributed by atoms with E-state index in [1.165, 1.54) is 41.5 Å². The van der Waals surface area contributed by atoms with Crippen LogP contribution in [-0.4, -0.2) is 27.4 Å². The Morgan fingerprint density at radius 1 is 1.19 bits per heavy atom. The number of rotatable bonds is 1. The van der Waals surface area contributed by atoms with Crippen LogP contribution in [-0.2, 0) is 11.2 Å². The van der Waals surface area contributed by atoms with Gasteiger partial charge in [0, 0.05) is 18.8 Å². The molecule has 1 N–H and O–H groups in total. The Morgan fingerprint density at radius 3 is 3.06 bits per heavy atom. The van der Waals surface area contributed by atoms with Crippen molar-refractivity contribution in [3.05, 3.63) is 59.0 Å². The van der Waals surface area contributed by atoms with Crippen molar-refractivity contribution in [2.24, 2.45) is 23.2 Å². The lowest BCUT2D eigenvalue weighted by Crippen LogP contribution is -2.54. The molecule has 2 spiro atoms. The van der Waals surface area contributed by atoms with Gasteiger partial charge in [0.2, 0.25) is 0 Å². The second-order valence-electron chi connectivity index (χ2n) is 11.5. The number of hydrogen-bond acceptors (Lipinski definition) is 3. The van der Waals surface area contributed by atoms with E-state index in [9.17, 15) is 5.11 Å². The highest BCUT2D eigenvalue weighted by molar-refractivity contribution is 5.56. The maximum atomic E-state index is 10.5. The molecule has 162 valence electrons. The number of aliphatic hydroxyl groups excluding tert-OH is 1. The Bertz CT molecular complexity index is 1040. The molecule has 0 aromatic carbocycles. The predicted octanol–water partition coefficient (Wildman–Crippen LogP) is 5.40. The SMILES string of the molecule is CC12CC=C3C=C4CC[C@@H](O)C[C@]45CC[C@]3(O5)[C@@H]1CCC2C1C=Cc2ccncc2C1. The van der Waals surface area contributed by atoms with Gasteiger partial charge in [-0.2, -0.15) is 0 Å². The van der Waals surface area contributed by atoms with Crippen molar-refractivity contribution in [3.8, 4) is 0 Å². The van der Waals surface area contributed by atoms with Crippen molar-refractivity contribution in [2.45, 2.75) is 82.0 Å². The Morgan fingerprint density at radius 2 is 2.13 bits per heavy atom. The largest absolute Gasteiger partial charge is 0.393 e. The van der Waals surface area contributed by atoms with Crippen LogP contribution in [0.5, 0.6) is 0 Å². The zero-order valence-electron chi connectivity index (χ0n) is 18.5. The summed E-state index contributed by atoms with van der Waals surface area (Å²) >= 11 is 0. The van der Waals surface area contributed by atoms with Crippen LogP contribution in [0.2, 0.25) is 0 Å². The quantitative estimate of drug-likeness (QED) is 0.667. The highest BCUT2D eigenvalue weighted by Crippen LogP contribution is 2.68. The van der Waals surface area contributed by atoms with Gasteiger partial charge in [0.15, 0.2) is 0 Å². The average molecular weight is 416 g/mol. The first-order chi connectivity index (χ1) is 15.0. The van der Waals surface area contributed by atoms with Gasteiger partial charge in [-0.1, -0.05) is 31.2 Å². The minimum atomic E-state index is -0.204. The van der Waals surface area contributed by atoms with Crippen molar-refractivity contribution in [1.29, 1.82) is 0 Å². The average Bonchev–Trinajstić information content (AvgIpc) is 3.28. The minimum Gasteiger partial charge on any atom is -0.393 e. The van der Waals surface area contributed by atoms with Crippen molar-refractivity contribution in [3.63, 3.8) is 0 Å². The molecular weight excluding hydrogens is 382 g/mol. The van der Waals surface area contributed by atoms with E-state index in [4.69, 9.17) is 4.74 Å². The fourth-order valence-electron chi connectivity index (χ4n) is 8.72. The fraction of sp³-hybridized carbons (Fsp3) is 0.607. The van der Waals surface area contributed by atoms with Gasteiger partial charge in [0.1, 0.15) is 0 Å². The molecule has 3 unspecified atom stereocenters. The summed E-state index contributed by atoms with van der Waals surface area (Å²) in [4.78, 5) is 4.40. The van der Waals surface area contributed by atoms with E-state index in [2.05, 4.69) is 48.5 Å². The summed E-state index contributed by atoms with van der Waals surface area (Å²) in [5.74, 6) is 1.88. The third kappa shape index (κ3) is 2.40. The lowest BCUT2D eigenvalue weighted by molar-refractivity contribution is -0.148. The molecule has 31 heavy (non-hydrogen) atoms. The molecule has 1 aromatic heterocycles. The maximum absolute atomic E-state index is 10.5. The topological polar surface area (TPSA) is 42.4 Å². The summed E-state index contributed by atoms with van der Waals surface area (Å²) in [6, 6.07) is 2.15. The van der Waals surface area contributed by atoms with Crippen LogP contribution in [0, 0.1) is 23.2 Å². The van der Waals surface area contributed by atoms with E-state index in [1.807, 2.05) is 6.20 Å². The van der Waals surface area contributed by atoms with Gasteiger partial charge >= 0.3 is 0 Å². The van der Waals surface area contributed by atoms with Gasteiger partial charge in [-0.05, 0) is 103 Å². The van der Waals surface area contributed by atoms with Crippen molar-refractivity contribution < 1.29 is 9.84 Å². The number of pyridine rings is 1. The third-order valence-electron chi connectivity index (χ3n) is 10.2. The molecule has 2 aliphatic heterocycles. The molecule has 6 aliphatic rings. The molecule has 1 saturated heterocycles. The molecular formula is C28H33NO2. The summed E-state index contributed by atoms with van der Waals surface area (Å²) in [5, 5.41) is 10.5. The number of nitrogens with zero attached hydrogens (tertiary/aromatic N) is 1. The van der Waals surface area contributed by atoms with Gasteiger partial charge in [0.25, 0.3) is 0 Å². The molecule has 3 heterocycles. The van der Waals surface area contributed by atoms with Crippen LogP contribution in [0.1, 0.15) is 69.4 Å². The molecule has 0 radical (unpaired) electrons. The van der Waals surface area contributed by atoms with E-state index in [0.717, 1.165) is 38.5 Å². The standard InChI is InChI=1S/C28H33NO2/c1-26-10-8-22-15-21-4-5-23(30)16-27(21)11-12-28(22,31-27)25(26)7-6-24(26)19-3-2-18-9-13-29-17-20(18)14-19/h2-3,8-9,13,15,17,19,23-25,30H,4-7,10-12,14,16H2,1H3/t19?,23-,24?,25-,26?,27-,28-/m1/s1. The summed E-state index contributed by atoms with van der Waals surface area (Å²) in [7, 11) is 0. The molecule has 2 bridgehead atoms. The molecule has 2 saturated carbocycles. The summed E-state index contributed by atoms with van der Waals surface area (Å²) in [5.41, 5.74) is 5.68. The zero-order chi connectivity index (χ0) is 20.8. The zero-order valence-corrected chi connectivity index (χ0v) is 18.5. The molecule has 4 aliphatic carbocycles. The van der Waals surface area contributed by atoms with Crippen LogP contribution >= 0.6 is 0 Å². The number of hydrogen-bond donors (Lipinski definition) is 1. The van der Waals surface area contributed by atoms with Gasteiger partial charge in [-0.25, -0.2) is 0 Å². The molecule has 3 heteroatoms. The highest BCUT2D eigenvalue weighted by Gasteiger charge is 2.66. The molecule has 3 nitrogen and oxygen atoms in total. The predicted molar refractivity (Wildman–Crippen MR) is 121 cm³/mol. The second kappa shape index (κ2) is 6.20. The number of fused-ring (bicyclic) bond motifs is 2. The smallest absolute Gasteiger partial charge is 0.0974 e. The van der Waals surface area contributed by atoms with Crippen LogP contribution < -0.4 is 0 Å². The van der Waals surface area contributed by atoms with Crippen molar-refractivity contribution in [2.75, 3.05) is 0 Å². The Balaban J connectivity index is 1.25. The van der Waals surface area contributed by atoms with Gasteiger partial charge in [0.05, 0.1) is 17.3 Å². The molecule has 0 amide bonds. The number of aromatic nitrogens is 1. The third-order valence-corrected chi connectivity index (χ3v) is 10.2. The number of ether oxygens (including phenoxy) is 1. The molecule has 3 fully saturated rings. The second-order valence-corrected chi connectivity index (χ2v) is 11.5. The minimum absolute atomic E-state index is 0.111. The summed E-state index contributed by atoms with van der Waals surface area (Å²) in [6.07, 6.45) is 23.4. The van der Waals surface area contributed by atoms with Gasteiger partial charge in [-0.3, -0.25) is 4.98 Å². The first-order valence-electron chi connectivity index (χ1n) is 12.4. The van der Waals surface area contributed by atoms with Crippen LogP contribution in [0.15, 0.2) is 47.8 Å². The first kappa shape index (κ1) is 18.8. The first-order valence-corrected chi connectivity index (χ1v) is 12.4. The summed E-state index contributed by atoms with van der Waals surface area (Å²) in [6.45, 7) is 2.56. The van der Waals surface area contributed by atoms with Crippen molar-refractivity contribution in [1.82, 2.24) is 4.98 Å². The molecule has 7 rings (SSSR count). The number of aliphatic hydroxyl groups is 1. The van der Waals surface area contributed by atoms with Crippen LogP contribution in [0.3, 0.4) is 0 Å². The van der Waals surface area contributed by atoms with Gasteiger partial charge in [-0.15, -0.1) is 0 Å². The Kier molecular flexibility index (Phi) is 3.77. The maximum Gasteiger partial charge on any atom is 0.0974 e. The fourth-order valence-corrected chi connectivity index (χ4v) is 8.72. The molecule has 7 atom stereocenters. The Hall–Kier alpha value is -1.71. The van der Waals surface area contributed by atoms with Gasteiger partial charge < -0.3 is 9.84 Å². The van der Waals surface area contributed by atoms with Crippen molar-refractivity contribution >= 4 is 6.08 Å². The van der Waals surface area contributed by atoms with E-state index >= 15 is 0 Å². The highest BCUT2D eigenvalue weighted by atomic mass is 16.5. The van der Waals surface area contributed by atoms with E-state index in [0.29, 0.717) is 17.8 Å². The lowest BCUT2D eigenvalue weighted by atomic mass is 9.56. The van der Waals surface area contributed by atoms with Crippen LogP contribution in [0.4, 0.5) is 0 Å². The lowest BCUT2D eigenvalue weighted by Gasteiger charge is -2.54. The summed E-state index contributed by atoms with van der Waals surface area (Å²) < 4.78 is 7.20. The monoisotopic (exact) mass is 415 g/mol. The van der Waals surface area contributed by atoms with E-state index in [-0.39, 0.29) is 22.7 Å². The molecule has 1 aromatic rings. The van der Waals surface area contributed by atoms with E-state index in [1.54, 1.807) is 0 Å².